The summed E-state index contributed by atoms with van der Waals surface area (Å²) in [5, 5.41) is 10.5. The van der Waals surface area contributed by atoms with Gasteiger partial charge in [0.2, 0.25) is 0 Å². The average molecular weight is 521 g/mol. The second-order valence-corrected chi connectivity index (χ2v) is 11.5. The Bertz CT molecular complexity index is 1280. The average Bonchev–Trinajstić information content (AvgIpc) is 3.11. The molecule has 6 heteroatoms. The highest BCUT2D eigenvalue weighted by molar-refractivity contribution is 6.47. The molecule has 1 aliphatic carbocycles. The first-order valence-corrected chi connectivity index (χ1v) is 13.4. The van der Waals surface area contributed by atoms with Crippen LogP contribution in [-0.2, 0) is 16.2 Å². The summed E-state index contributed by atoms with van der Waals surface area (Å²) in [7, 11) is 1.73. The van der Waals surface area contributed by atoms with Crippen LogP contribution in [-0.4, -0.2) is 23.8 Å². The maximum Gasteiger partial charge on any atom is 0.416 e. The topological polar surface area (TPSA) is 29.5 Å². The summed E-state index contributed by atoms with van der Waals surface area (Å²) in [5.41, 5.74) is 4.90. The van der Waals surface area contributed by atoms with Crippen LogP contribution in [0.15, 0.2) is 60.7 Å². The normalized spacial score (nSPS) is 14.8. The molecule has 3 aromatic rings. The summed E-state index contributed by atoms with van der Waals surface area (Å²) in [6, 6.07) is 18.1. The van der Waals surface area contributed by atoms with Gasteiger partial charge in [0.1, 0.15) is 0 Å². The molecule has 0 heterocycles. The van der Waals surface area contributed by atoms with Gasteiger partial charge in [-0.25, -0.2) is 0 Å². The molecule has 0 saturated carbocycles. The molecular formula is C32H37BF3O2. The third-order valence-corrected chi connectivity index (χ3v) is 8.25. The lowest BCUT2D eigenvalue weighted by Gasteiger charge is -2.37. The van der Waals surface area contributed by atoms with Crippen LogP contribution in [0.3, 0.4) is 0 Å². The van der Waals surface area contributed by atoms with Crippen molar-refractivity contribution in [2.24, 2.45) is 0 Å². The molecule has 1 N–H and O–H groups in total. The Morgan fingerprint density at radius 1 is 0.763 bits per heavy atom. The van der Waals surface area contributed by atoms with Gasteiger partial charge < -0.3 is 9.76 Å². The molecule has 0 atom stereocenters. The number of rotatable bonds is 9. The fourth-order valence-corrected chi connectivity index (χ4v) is 5.49. The lowest BCUT2D eigenvalue weighted by Crippen LogP contribution is -2.49. The van der Waals surface area contributed by atoms with Crippen molar-refractivity contribution in [3.05, 3.63) is 77.4 Å². The van der Waals surface area contributed by atoms with E-state index in [1.54, 1.807) is 33.5 Å². The van der Waals surface area contributed by atoms with Crippen LogP contribution in [0.5, 0.6) is 0 Å². The van der Waals surface area contributed by atoms with Crippen molar-refractivity contribution in [1.29, 1.82) is 0 Å². The summed E-state index contributed by atoms with van der Waals surface area (Å²) < 4.78 is 45.4. The van der Waals surface area contributed by atoms with Gasteiger partial charge in [-0.3, -0.25) is 0 Å². The van der Waals surface area contributed by atoms with E-state index in [1.807, 2.05) is 26.0 Å². The Hall–Kier alpha value is -2.57. The molecule has 201 valence electrons. The predicted molar refractivity (Wildman–Crippen MR) is 150 cm³/mol. The quantitative estimate of drug-likeness (QED) is 0.289. The number of benzene rings is 3. The van der Waals surface area contributed by atoms with E-state index in [0.717, 1.165) is 54.4 Å². The summed E-state index contributed by atoms with van der Waals surface area (Å²) in [5.74, 6) is 0. The molecule has 2 nitrogen and oxygen atoms in total. The van der Waals surface area contributed by atoms with Crippen LogP contribution in [0.2, 0.25) is 0 Å². The van der Waals surface area contributed by atoms with Gasteiger partial charge in [-0.05, 0) is 92.1 Å². The highest BCUT2D eigenvalue weighted by Gasteiger charge is 2.42. The minimum atomic E-state index is -4.35. The number of aliphatic hydroxyl groups is 1. The van der Waals surface area contributed by atoms with E-state index in [4.69, 9.17) is 4.65 Å². The minimum absolute atomic E-state index is 0.189. The molecule has 0 amide bonds. The second-order valence-electron chi connectivity index (χ2n) is 11.5. The number of hydrogen-bond acceptors (Lipinski definition) is 2. The Kier molecular flexibility index (Phi) is 7.63. The molecule has 0 unspecified atom stereocenters. The monoisotopic (exact) mass is 521 g/mol. The van der Waals surface area contributed by atoms with Gasteiger partial charge in [0, 0.05) is 5.41 Å². The first-order valence-electron chi connectivity index (χ1n) is 13.4. The van der Waals surface area contributed by atoms with Crippen LogP contribution < -0.4 is 5.46 Å². The van der Waals surface area contributed by atoms with Crippen molar-refractivity contribution < 1.29 is 22.9 Å². The van der Waals surface area contributed by atoms with Crippen molar-refractivity contribution in [2.45, 2.75) is 90.0 Å². The Morgan fingerprint density at radius 3 is 1.82 bits per heavy atom. The summed E-state index contributed by atoms with van der Waals surface area (Å²) in [6.07, 6.45) is -0.414. The fourth-order valence-electron chi connectivity index (χ4n) is 5.49. The zero-order valence-electron chi connectivity index (χ0n) is 23.2. The van der Waals surface area contributed by atoms with Crippen molar-refractivity contribution in [2.75, 3.05) is 0 Å². The van der Waals surface area contributed by atoms with Crippen LogP contribution in [0, 0.1) is 0 Å². The second kappa shape index (κ2) is 10.2. The van der Waals surface area contributed by atoms with E-state index in [0.29, 0.717) is 0 Å². The molecule has 3 aromatic carbocycles. The predicted octanol–water partition coefficient (Wildman–Crippen LogP) is 8.05. The number of halogens is 3. The standard InChI is InChI=1S/C32H37BF3O2/c1-7-17-31(18-8-2)27-19-22(21-9-12-23(13-10-21)32(34,35)36)11-15-25(27)26-16-14-24(20-28(26)31)33-38-30(5,6)29(3,4)37/h9-16,19-20,37H,7-8,17-18H2,1-6H3. The third-order valence-electron chi connectivity index (χ3n) is 8.25. The molecule has 0 fully saturated rings. The summed E-state index contributed by atoms with van der Waals surface area (Å²) in [6.45, 7) is 11.6. The van der Waals surface area contributed by atoms with E-state index in [9.17, 15) is 18.3 Å². The smallest absolute Gasteiger partial charge is 0.416 e. The van der Waals surface area contributed by atoms with E-state index in [-0.39, 0.29) is 5.41 Å². The van der Waals surface area contributed by atoms with Gasteiger partial charge in [-0.1, -0.05) is 74.6 Å². The zero-order valence-corrected chi connectivity index (χ0v) is 23.2. The van der Waals surface area contributed by atoms with Gasteiger partial charge in [0.25, 0.3) is 0 Å². The zero-order chi connectivity index (χ0) is 27.9. The van der Waals surface area contributed by atoms with Crippen LogP contribution in [0.25, 0.3) is 22.3 Å². The Balaban J connectivity index is 1.77. The van der Waals surface area contributed by atoms with Crippen molar-refractivity contribution in [1.82, 2.24) is 0 Å². The van der Waals surface area contributed by atoms with Gasteiger partial charge in [-0.15, -0.1) is 0 Å². The lowest BCUT2D eigenvalue weighted by atomic mass is 9.70. The van der Waals surface area contributed by atoms with E-state index >= 15 is 0 Å². The molecule has 4 rings (SSSR count). The SMILES string of the molecule is CCCC1(CCC)c2cc([B]OC(C)(C)C(C)(C)O)ccc2-c2ccc(-c3ccc(C(F)(F)F)cc3)cc21. The number of hydrogen-bond donors (Lipinski definition) is 1. The summed E-state index contributed by atoms with van der Waals surface area (Å²) in [4.78, 5) is 0. The third kappa shape index (κ3) is 5.18. The van der Waals surface area contributed by atoms with Crippen molar-refractivity contribution in [3.8, 4) is 22.3 Å². The molecule has 1 radical (unpaired) electrons. The van der Waals surface area contributed by atoms with Gasteiger partial charge in [0.05, 0.1) is 16.8 Å². The van der Waals surface area contributed by atoms with E-state index < -0.39 is 22.9 Å². The lowest BCUT2D eigenvalue weighted by molar-refractivity contribution is -0.137. The van der Waals surface area contributed by atoms with Crippen LogP contribution >= 0.6 is 0 Å². The molecule has 1 aliphatic rings. The maximum atomic E-state index is 13.1. The van der Waals surface area contributed by atoms with Crippen molar-refractivity contribution >= 4 is 12.9 Å². The molecule has 0 saturated heterocycles. The summed E-state index contributed by atoms with van der Waals surface area (Å²) >= 11 is 0. The molecule has 0 aromatic heterocycles. The molecule has 38 heavy (non-hydrogen) atoms. The minimum Gasteiger partial charge on any atom is -0.427 e. The Labute approximate surface area is 225 Å². The van der Waals surface area contributed by atoms with Crippen LogP contribution in [0.1, 0.15) is 83.9 Å². The molecule has 0 spiro atoms. The fraction of sp³-hybridized carbons (Fsp3) is 0.438. The number of alkyl halides is 3. The maximum absolute atomic E-state index is 13.1. The van der Waals surface area contributed by atoms with E-state index in [1.165, 1.54) is 22.3 Å². The Morgan fingerprint density at radius 2 is 1.29 bits per heavy atom. The van der Waals surface area contributed by atoms with Gasteiger partial charge in [-0.2, -0.15) is 13.2 Å². The highest BCUT2D eigenvalue weighted by atomic mass is 19.4. The van der Waals surface area contributed by atoms with Crippen LogP contribution in [0.4, 0.5) is 13.2 Å². The largest absolute Gasteiger partial charge is 0.427 e. The highest BCUT2D eigenvalue weighted by Crippen LogP contribution is 2.54. The first-order chi connectivity index (χ1) is 17.7. The van der Waals surface area contributed by atoms with Gasteiger partial charge >= 0.3 is 13.7 Å². The van der Waals surface area contributed by atoms with E-state index in [2.05, 4.69) is 38.1 Å². The van der Waals surface area contributed by atoms with Crippen molar-refractivity contribution in [3.63, 3.8) is 0 Å². The van der Waals surface area contributed by atoms with Gasteiger partial charge in [0.15, 0.2) is 0 Å². The first kappa shape index (κ1) is 28.4. The molecule has 0 bridgehead atoms. The molecule has 0 aliphatic heterocycles. The number of fused-ring (bicyclic) bond motifs is 3. The molecular weight excluding hydrogens is 484 g/mol.